The van der Waals surface area contributed by atoms with Crippen molar-refractivity contribution in [3.63, 3.8) is 0 Å². The molecule has 2 aromatic rings. The fraction of sp³-hybridized carbons (Fsp3) is 0.294. The molecule has 0 spiro atoms. The normalized spacial score (nSPS) is 21.0. The van der Waals surface area contributed by atoms with E-state index in [9.17, 15) is 0 Å². The first-order chi connectivity index (χ1) is 9.33. The van der Waals surface area contributed by atoms with Crippen molar-refractivity contribution in [3.8, 4) is 5.75 Å². The molecule has 1 nitrogen and oxygen atoms in total. The maximum absolute atomic E-state index is 5.57. The van der Waals surface area contributed by atoms with E-state index in [4.69, 9.17) is 4.74 Å². The third kappa shape index (κ3) is 1.81. The summed E-state index contributed by atoms with van der Waals surface area (Å²) in [6.45, 7) is 0.831. The Morgan fingerprint density at radius 3 is 2.89 bits per heavy atom. The molecular weight excluding hydrogens is 300 g/mol. The number of benzene rings is 2. The summed E-state index contributed by atoms with van der Waals surface area (Å²) in [7, 11) is 0. The Morgan fingerprint density at radius 1 is 1.11 bits per heavy atom. The van der Waals surface area contributed by atoms with E-state index in [1.54, 1.807) is 0 Å². The van der Waals surface area contributed by atoms with Crippen molar-refractivity contribution in [3.05, 3.63) is 64.7 Å². The molecule has 2 heteroatoms. The fourth-order valence-electron chi connectivity index (χ4n) is 3.17. The van der Waals surface area contributed by atoms with Gasteiger partial charge in [-0.05, 0) is 34.7 Å². The SMILES string of the molecule is BrC(c1ccc2c(c1)CCO2)C1Cc2ccccc21. The molecule has 2 unspecified atom stereocenters. The van der Waals surface area contributed by atoms with Crippen LogP contribution in [0.3, 0.4) is 0 Å². The largest absolute Gasteiger partial charge is 0.493 e. The second-order valence-corrected chi connectivity index (χ2v) is 6.36. The van der Waals surface area contributed by atoms with Crippen LogP contribution in [0.25, 0.3) is 0 Å². The molecule has 1 heterocycles. The molecule has 2 aliphatic rings. The van der Waals surface area contributed by atoms with Crippen LogP contribution in [0.5, 0.6) is 5.75 Å². The molecule has 4 rings (SSSR count). The van der Waals surface area contributed by atoms with Crippen LogP contribution in [0.1, 0.15) is 33.0 Å². The Labute approximate surface area is 121 Å². The Bertz CT molecular complexity index is 635. The first kappa shape index (κ1) is 11.5. The van der Waals surface area contributed by atoms with Crippen molar-refractivity contribution < 1.29 is 4.74 Å². The van der Waals surface area contributed by atoms with Gasteiger partial charge in [0.1, 0.15) is 5.75 Å². The molecule has 19 heavy (non-hydrogen) atoms. The fourth-order valence-corrected chi connectivity index (χ4v) is 3.93. The zero-order chi connectivity index (χ0) is 12.8. The molecule has 0 amide bonds. The highest BCUT2D eigenvalue weighted by Crippen LogP contribution is 2.48. The highest BCUT2D eigenvalue weighted by molar-refractivity contribution is 9.09. The van der Waals surface area contributed by atoms with E-state index in [1.807, 2.05) is 0 Å². The van der Waals surface area contributed by atoms with Crippen LogP contribution in [0.2, 0.25) is 0 Å². The van der Waals surface area contributed by atoms with Gasteiger partial charge in [-0.3, -0.25) is 0 Å². The lowest BCUT2D eigenvalue weighted by Gasteiger charge is -2.34. The molecule has 2 aromatic carbocycles. The summed E-state index contributed by atoms with van der Waals surface area (Å²) in [4.78, 5) is 0.410. The Kier molecular flexibility index (Phi) is 2.66. The van der Waals surface area contributed by atoms with Crippen molar-refractivity contribution in [1.29, 1.82) is 0 Å². The van der Waals surface area contributed by atoms with Gasteiger partial charge in [-0.15, -0.1) is 0 Å². The lowest BCUT2D eigenvalue weighted by molar-refractivity contribution is 0.357. The molecule has 96 valence electrons. The zero-order valence-electron chi connectivity index (χ0n) is 10.6. The highest BCUT2D eigenvalue weighted by atomic mass is 79.9. The van der Waals surface area contributed by atoms with E-state index in [0.29, 0.717) is 10.7 Å². The molecule has 0 aromatic heterocycles. The van der Waals surface area contributed by atoms with E-state index < -0.39 is 0 Å². The van der Waals surface area contributed by atoms with E-state index in [0.717, 1.165) is 18.8 Å². The number of hydrogen-bond acceptors (Lipinski definition) is 1. The Hall–Kier alpha value is -1.28. The van der Waals surface area contributed by atoms with Gasteiger partial charge >= 0.3 is 0 Å². The number of fused-ring (bicyclic) bond motifs is 2. The van der Waals surface area contributed by atoms with Crippen LogP contribution in [-0.2, 0) is 12.8 Å². The topological polar surface area (TPSA) is 9.23 Å². The second kappa shape index (κ2) is 4.38. The monoisotopic (exact) mass is 314 g/mol. The van der Waals surface area contributed by atoms with Gasteiger partial charge in [-0.2, -0.15) is 0 Å². The number of halogens is 1. The first-order valence-corrected chi connectivity index (χ1v) is 7.72. The summed E-state index contributed by atoms with van der Waals surface area (Å²) in [5.74, 6) is 1.68. The molecule has 0 fully saturated rings. The summed E-state index contributed by atoms with van der Waals surface area (Å²) in [5.41, 5.74) is 5.74. The number of ether oxygens (including phenoxy) is 1. The minimum Gasteiger partial charge on any atom is -0.493 e. The molecule has 0 N–H and O–H groups in total. The van der Waals surface area contributed by atoms with Crippen molar-refractivity contribution in [2.45, 2.75) is 23.6 Å². The van der Waals surface area contributed by atoms with E-state index in [1.165, 1.54) is 28.7 Å². The number of rotatable bonds is 2. The minimum atomic E-state index is 0.410. The minimum absolute atomic E-state index is 0.410. The van der Waals surface area contributed by atoms with Crippen molar-refractivity contribution >= 4 is 15.9 Å². The van der Waals surface area contributed by atoms with Crippen LogP contribution in [0.15, 0.2) is 42.5 Å². The summed E-state index contributed by atoms with van der Waals surface area (Å²) in [5, 5.41) is 0. The Balaban J connectivity index is 1.64. The molecule has 1 aliphatic heterocycles. The third-order valence-electron chi connectivity index (χ3n) is 4.28. The predicted molar refractivity (Wildman–Crippen MR) is 80.2 cm³/mol. The second-order valence-electron chi connectivity index (χ2n) is 5.38. The van der Waals surface area contributed by atoms with Crippen LogP contribution >= 0.6 is 15.9 Å². The lowest BCUT2D eigenvalue weighted by atomic mass is 9.74. The van der Waals surface area contributed by atoms with Crippen molar-refractivity contribution in [2.24, 2.45) is 0 Å². The molecule has 0 saturated heterocycles. The molecule has 0 radical (unpaired) electrons. The Morgan fingerprint density at radius 2 is 2.00 bits per heavy atom. The van der Waals surface area contributed by atoms with E-state index in [-0.39, 0.29) is 0 Å². The van der Waals surface area contributed by atoms with Crippen LogP contribution < -0.4 is 4.74 Å². The average Bonchev–Trinajstić information content (AvgIpc) is 2.87. The highest BCUT2D eigenvalue weighted by Gasteiger charge is 2.32. The van der Waals surface area contributed by atoms with Gasteiger partial charge in [0.25, 0.3) is 0 Å². The molecular formula is C17H15BrO. The first-order valence-electron chi connectivity index (χ1n) is 6.80. The van der Waals surface area contributed by atoms with Gasteiger partial charge < -0.3 is 4.74 Å². The van der Waals surface area contributed by atoms with E-state index >= 15 is 0 Å². The molecule has 0 bridgehead atoms. The smallest absolute Gasteiger partial charge is 0.122 e. The van der Waals surface area contributed by atoms with Crippen molar-refractivity contribution in [1.82, 2.24) is 0 Å². The van der Waals surface area contributed by atoms with Gasteiger partial charge in [0.2, 0.25) is 0 Å². The zero-order valence-corrected chi connectivity index (χ0v) is 12.2. The van der Waals surface area contributed by atoms with Gasteiger partial charge in [0, 0.05) is 17.2 Å². The number of hydrogen-bond donors (Lipinski definition) is 0. The van der Waals surface area contributed by atoms with Gasteiger partial charge in [0.05, 0.1) is 6.61 Å². The summed E-state index contributed by atoms with van der Waals surface area (Å²) >= 11 is 3.90. The summed E-state index contributed by atoms with van der Waals surface area (Å²) < 4.78 is 5.57. The molecule has 2 atom stereocenters. The van der Waals surface area contributed by atoms with Crippen LogP contribution in [0, 0.1) is 0 Å². The molecule has 1 aliphatic carbocycles. The average molecular weight is 315 g/mol. The summed E-state index contributed by atoms with van der Waals surface area (Å²) in [6, 6.07) is 15.4. The van der Waals surface area contributed by atoms with Gasteiger partial charge in [-0.1, -0.05) is 52.3 Å². The number of alkyl halides is 1. The lowest BCUT2D eigenvalue weighted by Crippen LogP contribution is -2.20. The summed E-state index contributed by atoms with van der Waals surface area (Å²) in [6.07, 6.45) is 2.23. The maximum Gasteiger partial charge on any atom is 0.122 e. The molecule has 0 saturated carbocycles. The quantitative estimate of drug-likeness (QED) is 0.747. The van der Waals surface area contributed by atoms with Crippen LogP contribution in [0.4, 0.5) is 0 Å². The van der Waals surface area contributed by atoms with E-state index in [2.05, 4.69) is 58.4 Å². The van der Waals surface area contributed by atoms with Gasteiger partial charge in [0.15, 0.2) is 0 Å². The predicted octanol–water partition coefficient (Wildman–Crippen LogP) is 4.40. The third-order valence-corrected chi connectivity index (χ3v) is 5.45. The van der Waals surface area contributed by atoms with Crippen molar-refractivity contribution in [2.75, 3.05) is 6.61 Å². The van der Waals surface area contributed by atoms with Crippen LogP contribution in [-0.4, -0.2) is 6.61 Å². The standard InChI is InChI=1S/C17H15BrO/c18-17(15-10-11-3-1-2-4-14(11)15)13-5-6-16-12(9-13)7-8-19-16/h1-6,9,15,17H,7-8,10H2. The van der Waals surface area contributed by atoms with Gasteiger partial charge in [-0.25, -0.2) is 0 Å². The maximum atomic E-state index is 5.57.